The smallest absolute Gasteiger partial charge is 0.462 e. The maximum atomic E-state index is 13.1. The number of aliphatic hydroxyl groups excluding tert-OH is 1. The van der Waals surface area contributed by atoms with E-state index in [0.29, 0.717) is 37.5 Å². The highest BCUT2D eigenvalue weighted by Crippen LogP contribution is 2.45. The summed E-state index contributed by atoms with van der Waals surface area (Å²) in [6, 6.07) is 0. The van der Waals surface area contributed by atoms with E-state index < -0.39 is 97.5 Å². The lowest BCUT2D eigenvalue weighted by molar-refractivity contribution is -0.161. The van der Waals surface area contributed by atoms with Crippen molar-refractivity contribution < 1.29 is 80.2 Å². The Morgan fingerprint density at radius 1 is 0.280 bits per heavy atom. The number of phosphoric ester groups is 2. The van der Waals surface area contributed by atoms with E-state index in [1.165, 1.54) is 212 Å². The molecule has 6 atom stereocenters. The Kier molecular flexibility index (Phi) is 68.7. The average molecular weight is 1470 g/mol. The van der Waals surface area contributed by atoms with Crippen LogP contribution < -0.4 is 0 Å². The van der Waals surface area contributed by atoms with Crippen molar-refractivity contribution in [1.29, 1.82) is 0 Å². The van der Waals surface area contributed by atoms with Gasteiger partial charge < -0.3 is 33.8 Å². The fourth-order valence-corrected chi connectivity index (χ4v) is 14.0. The molecule has 0 aliphatic heterocycles. The van der Waals surface area contributed by atoms with E-state index in [1.54, 1.807) is 0 Å². The maximum Gasteiger partial charge on any atom is 0.472 e. The second-order valence-electron chi connectivity index (χ2n) is 30.8. The Morgan fingerprint density at radius 2 is 0.480 bits per heavy atom. The van der Waals surface area contributed by atoms with E-state index >= 15 is 0 Å². The minimum Gasteiger partial charge on any atom is -0.462 e. The highest BCUT2D eigenvalue weighted by Gasteiger charge is 2.30. The third kappa shape index (κ3) is 73.0. The Balaban J connectivity index is 5.13. The highest BCUT2D eigenvalue weighted by molar-refractivity contribution is 7.47. The summed E-state index contributed by atoms with van der Waals surface area (Å²) >= 11 is 0. The van der Waals surface area contributed by atoms with Crippen LogP contribution in [0.25, 0.3) is 0 Å². The summed E-state index contributed by atoms with van der Waals surface area (Å²) in [6.07, 6.45) is 57.2. The molecule has 0 amide bonds. The topological polar surface area (TPSA) is 237 Å². The third-order valence-electron chi connectivity index (χ3n) is 19.2. The van der Waals surface area contributed by atoms with Gasteiger partial charge in [-0.1, -0.05) is 364 Å². The van der Waals surface area contributed by atoms with Gasteiger partial charge in [-0.15, -0.1) is 0 Å². The normalized spacial score (nSPS) is 14.3. The number of carbonyl (C=O) groups excluding carboxylic acids is 4. The van der Waals surface area contributed by atoms with Gasteiger partial charge in [-0.05, 0) is 49.4 Å². The van der Waals surface area contributed by atoms with Gasteiger partial charge >= 0.3 is 39.5 Å². The first kappa shape index (κ1) is 98.1. The molecule has 17 nitrogen and oxygen atoms in total. The molecule has 0 spiro atoms. The standard InChI is InChI=1S/C81H158O17P2/c1-9-74(8)60-52-44-35-28-24-20-16-12-10-11-13-17-21-25-29-36-45-53-61-78(83)91-67-76(98-81(86)64-56-48-38-32-31-34-42-50-58-72(4)5)69-95-99(87,88)93-65-75(82)66-94-100(89,90)96-70-77(68-92-79(84)62-54-46-40-39-43-51-59-73(6)7)97-80(85)63-55-47-37-30-26-22-18-14-15-19-23-27-33-41-49-57-71(2)3/h71-77,82H,9-70H2,1-8H3,(H,87,88)(H,89,90)/t74?,75?,76-,77-/m1/s1. The number of hydrogen-bond acceptors (Lipinski definition) is 15. The van der Waals surface area contributed by atoms with Crippen LogP contribution in [-0.2, 0) is 65.4 Å². The molecule has 100 heavy (non-hydrogen) atoms. The van der Waals surface area contributed by atoms with Crippen molar-refractivity contribution >= 4 is 39.5 Å². The molecule has 4 unspecified atom stereocenters. The van der Waals surface area contributed by atoms with Crippen LogP contribution in [0.5, 0.6) is 0 Å². The molecular weight excluding hydrogens is 1310 g/mol. The van der Waals surface area contributed by atoms with Crippen LogP contribution in [0.15, 0.2) is 0 Å². The molecule has 0 bridgehead atoms. The zero-order chi connectivity index (χ0) is 73.8. The number of carbonyl (C=O) groups is 4. The van der Waals surface area contributed by atoms with Crippen LogP contribution in [0.2, 0.25) is 0 Å². The van der Waals surface area contributed by atoms with Crippen LogP contribution in [0.3, 0.4) is 0 Å². The van der Waals surface area contributed by atoms with Gasteiger partial charge in [-0.2, -0.15) is 0 Å². The molecule has 19 heteroatoms. The van der Waals surface area contributed by atoms with Crippen LogP contribution >= 0.6 is 15.6 Å². The molecule has 0 radical (unpaired) electrons. The van der Waals surface area contributed by atoms with Crippen molar-refractivity contribution in [3.8, 4) is 0 Å². The first-order valence-electron chi connectivity index (χ1n) is 41.7. The minimum absolute atomic E-state index is 0.105. The van der Waals surface area contributed by atoms with Crippen molar-refractivity contribution in [2.45, 2.75) is 433 Å². The number of rotatable bonds is 78. The Hall–Kier alpha value is -1.94. The molecule has 0 aromatic rings. The monoisotopic (exact) mass is 1470 g/mol. The van der Waals surface area contributed by atoms with Crippen molar-refractivity contribution in [3.63, 3.8) is 0 Å². The van der Waals surface area contributed by atoms with Gasteiger partial charge in [0.2, 0.25) is 0 Å². The first-order chi connectivity index (χ1) is 48.1. The molecule has 0 fully saturated rings. The van der Waals surface area contributed by atoms with E-state index in [1.807, 2.05) is 0 Å². The van der Waals surface area contributed by atoms with Gasteiger partial charge in [0.05, 0.1) is 26.4 Å². The molecule has 594 valence electrons. The second kappa shape index (κ2) is 70.1. The summed E-state index contributed by atoms with van der Waals surface area (Å²) in [4.78, 5) is 72.9. The van der Waals surface area contributed by atoms with E-state index in [4.69, 9.17) is 37.0 Å². The van der Waals surface area contributed by atoms with E-state index in [2.05, 4.69) is 55.4 Å². The van der Waals surface area contributed by atoms with Crippen molar-refractivity contribution in [2.24, 2.45) is 23.7 Å². The summed E-state index contributed by atoms with van der Waals surface area (Å²) in [6.45, 7) is 14.2. The quantitative estimate of drug-likeness (QED) is 0.0222. The van der Waals surface area contributed by atoms with Crippen LogP contribution in [0.4, 0.5) is 0 Å². The number of hydrogen-bond donors (Lipinski definition) is 3. The number of phosphoric acid groups is 2. The fraction of sp³-hybridized carbons (Fsp3) is 0.951. The Bertz CT molecular complexity index is 1960. The zero-order valence-corrected chi connectivity index (χ0v) is 67.6. The van der Waals surface area contributed by atoms with Crippen molar-refractivity contribution in [3.05, 3.63) is 0 Å². The van der Waals surface area contributed by atoms with Gasteiger partial charge in [0.25, 0.3) is 0 Å². The first-order valence-corrected chi connectivity index (χ1v) is 44.7. The van der Waals surface area contributed by atoms with Crippen LogP contribution in [-0.4, -0.2) is 96.7 Å². The number of ether oxygens (including phenoxy) is 4. The fourth-order valence-electron chi connectivity index (χ4n) is 12.4. The molecule has 0 aromatic carbocycles. The SMILES string of the molecule is CCC(C)CCCCCCCCCCCCCCCCCCCCC(=O)OC[C@H](COP(=O)(O)OCC(O)COP(=O)(O)OC[C@@H](COC(=O)CCCCCCCCC(C)C)OC(=O)CCCCCCCCCCCCCCCCCC(C)C)OC(=O)CCCCCCCCCCC(C)C. The van der Waals surface area contributed by atoms with E-state index in [-0.39, 0.29) is 25.7 Å². The van der Waals surface area contributed by atoms with Crippen molar-refractivity contribution in [1.82, 2.24) is 0 Å². The maximum absolute atomic E-state index is 13.1. The predicted molar refractivity (Wildman–Crippen MR) is 409 cm³/mol. The lowest BCUT2D eigenvalue weighted by Crippen LogP contribution is -2.30. The molecule has 0 aliphatic carbocycles. The number of esters is 4. The average Bonchev–Trinajstić information content (AvgIpc) is 0.985. The third-order valence-corrected chi connectivity index (χ3v) is 21.1. The predicted octanol–water partition coefficient (Wildman–Crippen LogP) is 24.0. The van der Waals surface area contributed by atoms with Gasteiger partial charge in [0.1, 0.15) is 19.3 Å². The molecular formula is C81H158O17P2. The molecule has 0 heterocycles. The molecule has 3 N–H and O–H groups in total. The molecule has 0 rings (SSSR count). The van der Waals surface area contributed by atoms with Gasteiger partial charge in [-0.25, -0.2) is 9.13 Å². The van der Waals surface area contributed by atoms with Crippen LogP contribution in [0, 0.1) is 23.7 Å². The lowest BCUT2D eigenvalue weighted by Gasteiger charge is -2.21. The summed E-state index contributed by atoms with van der Waals surface area (Å²) in [5.74, 6) is 0.955. The van der Waals surface area contributed by atoms with Gasteiger partial charge in [0.15, 0.2) is 12.2 Å². The molecule has 0 aromatic heterocycles. The molecule has 0 saturated heterocycles. The summed E-state index contributed by atoms with van der Waals surface area (Å²) < 4.78 is 68.6. The summed E-state index contributed by atoms with van der Waals surface area (Å²) in [5, 5.41) is 10.6. The number of unbranched alkanes of at least 4 members (excludes halogenated alkanes) is 43. The Morgan fingerprint density at radius 3 is 0.710 bits per heavy atom. The van der Waals surface area contributed by atoms with Crippen LogP contribution in [0.1, 0.15) is 415 Å². The van der Waals surface area contributed by atoms with E-state index in [9.17, 15) is 43.2 Å². The largest absolute Gasteiger partial charge is 0.472 e. The number of aliphatic hydroxyl groups is 1. The second-order valence-corrected chi connectivity index (χ2v) is 33.7. The summed E-state index contributed by atoms with van der Waals surface area (Å²) in [7, 11) is -9.92. The zero-order valence-electron chi connectivity index (χ0n) is 65.8. The lowest BCUT2D eigenvalue weighted by atomic mass is 9.99. The Labute approximate surface area is 613 Å². The minimum atomic E-state index is -4.96. The van der Waals surface area contributed by atoms with Gasteiger partial charge in [-0.3, -0.25) is 37.3 Å². The van der Waals surface area contributed by atoms with E-state index in [0.717, 1.165) is 108 Å². The highest BCUT2D eigenvalue weighted by atomic mass is 31.2. The van der Waals surface area contributed by atoms with Crippen molar-refractivity contribution in [2.75, 3.05) is 39.6 Å². The summed E-state index contributed by atoms with van der Waals surface area (Å²) in [5.41, 5.74) is 0. The molecule has 0 saturated carbocycles. The molecule has 0 aliphatic rings. The van der Waals surface area contributed by atoms with Gasteiger partial charge in [0, 0.05) is 25.7 Å².